The van der Waals surface area contributed by atoms with Gasteiger partial charge in [-0.15, -0.1) is 0 Å². The van der Waals surface area contributed by atoms with Gasteiger partial charge in [-0.25, -0.2) is 4.39 Å². The summed E-state index contributed by atoms with van der Waals surface area (Å²) >= 11 is 0. The maximum absolute atomic E-state index is 13.5. The largest absolute Gasteiger partial charge is 0.469 e. The third kappa shape index (κ3) is 3.70. The molecule has 0 aromatic heterocycles. The molecule has 2 aromatic rings. The van der Waals surface area contributed by atoms with Crippen molar-refractivity contribution in [3.63, 3.8) is 0 Å². The van der Waals surface area contributed by atoms with E-state index in [4.69, 9.17) is 4.74 Å². The summed E-state index contributed by atoms with van der Waals surface area (Å²) in [6.45, 7) is 4.19. The normalized spacial score (nSPS) is 19.3. The minimum Gasteiger partial charge on any atom is -0.469 e. The Bertz CT molecular complexity index is 905. The quantitative estimate of drug-likeness (QED) is 0.689. The number of benzene rings is 2. The number of hydrogen-bond acceptors (Lipinski definition) is 3. The van der Waals surface area contributed by atoms with Crippen molar-refractivity contribution < 1.29 is 18.7 Å². The van der Waals surface area contributed by atoms with Crippen LogP contribution in [0.1, 0.15) is 37.8 Å². The van der Waals surface area contributed by atoms with Crippen LogP contribution < -0.4 is 0 Å². The molecule has 1 amide bonds. The molecule has 0 spiro atoms. The molecule has 146 valence electrons. The zero-order valence-corrected chi connectivity index (χ0v) is 16.4. The third-order valence-corrected chi connectivity index (χ3v) is 5.53. The SMILES string of the molecule is COC(=O)CCC1(C)C(=O)N(Cc2ccccc2)C(c2ccc(F)cc2)=C1C. The maximum Gasteiger partial charge on any atom is 0.305 e. The van der Waals surface area contributed by atoms with Gasteiger partial charge in [-0.3, -0.25) is 9.59 Å². The lowest BCUT2D eigenvalue weighted by Crippen LogP contribution is -2.35. The molecule has 1 atom stereocenters. The van der Waals surface area contributed by atoms with Crippen LogP contribution in [0.4, 0.5) is 4.39 Å². The number of rotatable bonds is 6. The van der Waals surface area contributed by atoms with Crippen LogP contribution in [0.3, 0.4) is 0 Å². The van der Waals surface area contributed by atoms with Gasteiger partial charge in [0.25, 0.3) is 0 Å². The maximum atomic E-state index is 13.5. The van der Waals surface area contributed by atoms with Crippen molar-refractivity contribution in [3.05, 3.63) is 77.1 Å². The van der Waals surface area contributed by atoms with E-state index in [9.17, 15) is 14.0 Å². The van der Waals surface area contributed by atoms with E-state index in [1.165, 1.54) is 19.2 Å². The highest BCUT2D eigenvalue weighted by Gasteiger charge is 2.47. The summed E-state index contributed by atoms with van der Waals surface area (Å²) in [5, 5.41) is 0. The van der Waals surface area contributed by atoms with E-state index < -0.39 is 5.41 Å². The van der Waals surface area contributed by atoms with E-state index >= 15 is 0 Å². The Kier molecular flexibility index (Phi) is 5.63. The lowest BCUT2D eigenvalue weighted by Gasteiger charge is -2.26. The molecule has 1 unspecified atom stereocenters. The molecule has 1 aliphatic rings. The molecule has 0 aliphatic carbocycles. The van der Waals surface area contributed by atoms with Gasteiger partial charge in [0.05, 0.1) is 24.8 Å². The molecule has 4 nitrogen and oxygen atoms in total. The van der Waals surface area contributed by atoms with E-state index in [1.54, 1.807) is 17.0 Å². The molecule has 5 heteroatoms. The molecule has 3 rings (SSSR count). The Morgan fingerprint density at radius 2 is 1.75 bits per heavy atom. The topological polar surface area (TPSA) is 46.6 Å². The van der Waals surface area contributed by atoms with Gasteiger partial charge in [0.1, 0.15) is 5.82 Å². The van der Waals surface area contributed by atoms with E-state index in [0.29, 0.717) is 13.0 Å². The molecule has 0 saturated heterocycles. The monoisotopic (exact) mass is 381 g/mol. The average Bonchev–Trinajstić information content (AvgIpc) is 2.89. The zero-order chi connectivity index (χ0) is 20.3. The van der Waals surface area contributed by atoms with Crippen molar-refractivity contribution in [3.8, 4) is 0 Å². The second-order valence-corrected chi connectivity index (χ2v) is 7.27. The second kappa shape index (κ2) is 7.97. The van der Waals surface area contributed by atoms with Crippen LogP contribution in [0, 0.1) is 11.2 Å². The number of ether oxygens (including phenoxy) is 1. The number of esters is 1. The van der Waals surface area contributed by atoms with Crippen LogP contribution in [-0.2, 0) is 20.9 Å². The van der Waals surface area contributed by atoms with Gasteiger partial charge in [-0.05, 0) is 61.2 Å². The Hall–Kier alpha value is -2.95. The van der Waals surface area contributed by atoms with Crippen LogP contribution in [0.2, 0.25) is 0 Å². The van der Waals surface area contributed by atoms with Gasteiger partial charge >= 0.3 is 5.97 Å². The fraction of sp³-hybridized carbons (Fsp3) is 0.304. The average molecular weight is 381 g/mol. The van der Waals surface area contributed by atoms with Gasteiger partial charge in [-0.2, -0.15) is 0 Å². The molecule has 2 aromatic carbocycles. The predicted octanol–water partition coefficient (Wildman–Crippen LogP) is 4.56. The van der Waals surface area contributed by atoms with Crippen LogP contribution in [0.5, 0.6) is 0 Å². The molecular formula is C23H24FNO3. The molecule has 1 aliphatic heterocycles. The van der Waals surface area contributed by atoms with Gasteiger partial charge < -0.3 is 9.64 Å². The summed E-state index contributed by atoms with van der Waals surface area (Å²) in [5.74, 6) is -0.724. The van der Waals surface area contributed by atoms with Crippen LogP contribution in [0.15, 0.2) is 60.2 Å². The van der Waals surface area contributed by atoms with Crippen molar-refractivity contribution >= 4 is 17.6 Å². The molecular weight excluding hydrogens is 357 g/mol. The molecule has 0 bridgehead atoms. The minimum absolute atomic E-state index is 0.0583. The summed E-state index contributed by atoms with van der Waals surface area (Å²) in [6.07, 6.45) is 0.520. The van der Waals surface area contributed by atoms with Gasteiger partial charge in [0.2, 0.25) is 5.91 Å². The number of amides is 1. The smallest absolute Gasteiger partial charge is 0.305 e. The summed E-state index contributed by atoms with van der Waals surface area (Å²) in [4.78, 5) is 26.9. The van der Waals surface area contributed by atoms with E-state index in [0.717, 1.165) is 22.4 Å². The Balaban J connectivity index is 2.02. The first kappa shape index (κ1) is 19.8. The van der Waals surface area contributed by atoms with Gasteiger partial charge in [0.15, 0.2) is 0 Å². The minimum atomic E-state index is -0.813. The number of nitrogens with zero attached hydrogens (tertiary/aromatic N) is 1. The Labute approximate surface area is 164 Å². The van der Waals surface area contributed by atoms with Crippen LogP contribution >= 0.6 is 0 Å². The van der Waals surface area contributed by atoms with Gasteiger partial charge in [-0.1, -0.05) is 30.3 Å². The first-order chi connectivity index (χ1) is 13.4. The van der Waals surface area contributed by atoms with E-state index in [2.05, 4.69) is 0 Å². The van der Waals surface area contributed by atoms with Crippen molar-refractivity contribution in [2.75, 3.05) is 7.11 Å². The first-order valence-corrected chi connectivity index (χ1v) is 9.27. The van der Waals surface area contributed by atoms with Gasteiger partial charge in [0, 0.05) is 6.42 Å². The fourth-order valence-corrected chi connectivity index (χ4v) is 3.67. The molecule has 0 saturated carbocycles. The number of hydrogen-bond donors (Lipinski definition) is 0. The predicted molar refractivity (Wildman–Crippen MR) is 105 cm³/mol. The summed E-state index contributed by atoms with van der Waals surface area (Å²) in [5.41, 5.74) is 2.63. The Morgan fingerprint density at radius 3 is 2.36 bits per heavy atom. The van der Waals surface area contributed by atoms with Crippen LogP contribution in [-0.4, -0.2) is 23.9 Å². The molecule has 28 heavy (non-hydrogen) atoms. The van der Waals surface area contributed by atoms with E-state index in [1.807, 2.05) is 44.2 Å². The highest BCUT2D eigenvalue weighted by atomic mass is 19.1. The van der Waals surface area contributed by atoms with Crippen molar-refractivity contribution in [1.82, 2.24) is 4.90 Å². The number of carbonyl (C=O) groups is 2. The summed E-state index contributed by atoms with van der Waals surface area (Å²) in [7, 11) is 1.34. The lowest BCUT2D eigenvalue weighted by molar-refractivity contribution is -0.142. The highest BCUT2D eigenvalue weighted by Crippen LogP contribution is 2.47. The zero-order valence-electron chi connectivity index (χ0n) is 16.4. The summed E-state index contributed by atoms with van der Waals surface area (Å²) < 4.78 is 18.2. The highest BCUT2D eigenvalue weighted by molar-refractivity contribution is 6.00. The number of carbonyl (C=O) groups excluding carboxylic acids is 2. The number of methoxy groups -OCH3 is 1. The van der Waals surface area contributed by atoms with Crippen molar-refractivity contribution in [1.29, 1.82) is 0 Å². The van der Waals surface area contributed by atoms with Crippen LogP contribution in [0.25, 0.3) is 5.70 Å². The summed E-state index contributed by atoms with van der Waals surface area (Å²) in [6, 6.07) is 15.9. The molecule has 1 heterocycles. The first-order valence-electron chi connectivity index (χ1n) is 9.27. The second-order valence-electron chi connectivity index (χ2n) is 7.27. The molecule has 0 fully saturated rings. The molecule has 0 radical (unpaired) electrons. The third-order valence-electron chi connectivity index (χ3n) is 5.53. The van der Waals surface area contributed by atoms with E-state index in [-0.39, 0.29) is 24.1 Å². The molecule has 0 N–H and O–H groups in total. The standard InChI is InChI=1S/C23H24FNO3/c1-16-21(18-9-11-19(24)12-10-18)25(15-17-7-5-4-6-8-17)22(27)23(16,2)14-13-20(26)28-3/h4-12H,13-15H2,1-3H3. The van der Waals surface area contributed by atoms with Crippen molar-refractivity contribution in [2.24, 2.45) is 5.41 Å². The van der Waals surface area contributed by atoms with Crippen molar-refractivity contribution in [2.45, 2.75) is 33.2 Å². The number of halogens is 1. The lowest BCUT2D eigenvalue weighted by atomic mass is 9.79. The Morgan fingerprint density at radius 1 is 1.11 bits per heavy atom. The fourth-order valence-electron chi connectivity index (χ4n) is 3.67.